The number of amides is 1. The predicted molar refractivity (Wildman–Crippen MR) is 105 cm³/mol. The molecule has 0 aromatic heterocycles. The number of methoxy groups -OCH3 is 1. The van der Waals surface area contributed by atoms with Crippen molar-refractivity contribution in [3.63, 3.8) is 0 Å². The minimum Gasteiger partial charge on any atom is -0.495 e. The molecule has 2 N–H and O–H groups in total. The maximum atomic E-state index is 13.1. The highest BCUT2D eigenvalue weighted by molar-refractivity contribution is 6.31. The van der Waals surface area contributed by atoms with Crippen molar-refractivity contribution >= 4 is 28.9 Å². The molecule has 5 nitrogen and oxygen atoms in total. The fourth-order valence-electron chi connectivity index (χ4n) is 3.34. The highest BCUT2D eigenvalue weighted by atomic mass is 35.5. The van der Waals surface area contributed by atoms with E-state index in [1.54, 1.807) is 37.4 Å². The maximum Gasteiger partial charge on any atom is 0.282 e. The van der Waals surface area contributed by atoms with E-state index in [9.17, 15) is 9.18 Å². The van der Waals surface area contributed by atoms with Crippen molar-refractivity contribution in [3.05, 3.63) is 53.3 Å². The lowest BCUT2D eigenvalue weighted by Crippen LogP contribution is -3.19. The molecule has 2 aromatic carbocycles. The Hall–Kier alpha value is -2.31. The average molecular weight is 393 g/mol. The monoisotopic (exact) mass is 392 g/mol. The van der Waals surface area contributed by atoms with Crippen molar-refractivity contribution in [3.8, 4) is 5.75 Å². The number of benzene rings is 2. The number of ether oxygens (including phenoxy) is 1. The Kier molecular flexibility index (Phi) is 6.19. The first-order chi connectivity index (χ1) is 13.0. The molecule has 0 spiro atoms. The van der Waals surface area contributed by atoms with Crippen LogP contribution < -0.4 is 19.9 Å². The topological polar surface area (TPSA) is 46.0 Å². The molecule has 1 amide bonds. The Morgan fingerprint density at radius 2 is 1.89 bits per heavy atom. The number of nitrogens with one attached hydrogen (secondary N) is 2. The van der Waals surface area contributed by atoms with E-state index in [0.717, 1.165) is 31.9 Å². The van der Waals surface area contributed by atoms with Gasteiger partial charge in [0.15, 0.2) is 6.04 Å². The smallest absolute Gasteiger partial charge is 0.282 e. The van der Waals surface area contributed by atoms with Gasteiger partial charge in [-0.1, -0.05) is 11.6 Å². The van der Waals surface area contributed by atoms with Crippen molar-refractivity contribution < 1.29 is 18.8 Å². The van der Waals surface area contributed by atoms with Crippen LogP contribution in [0.25, 0.3) is 0 Å². The summed E-state index contributed by atoms with van der Waals surface area (Å²) in [5.41, 5.74) is 1.59. The number of carbonyl (C=O) groups is 1. The molecule has 1 aliphatic heterocycles. The first kappa shape index (κ1) is 19.5. The van der Waals surface area contributed by atoms with E-state index in [2.05, 4.69) is 10.2 Å². The lowest BCUT2D eigenvalue weighted by Gasteiger charge is -2.36. The summed E-state index contributed by atoms with van der Waals surface area (Å²) in [4.78, 5) is 16.1. The Bertz CT molecular complexity index is 792. The van der Waals surface area contributed by atoms with Gasteiger partial charge in [0.2, 0.25) is 0 Å². The highest BCUT2D eigenvalue weighted by Crippen LogP contribution is 2.27. The fourth-order valence-corrected chi connectivity index (χ4v) is 3.51. The van der Waals surface area contributed by atoms with E-state index in [1.807, 2.05) is 6.92 Å². The SMILES string of the molecule is COc1ccc(Cl)cc1NC(=O)[C@@H](C)[NH+]1CCN(c2ccc(F)cc2)CC1. The third-order valence-electron chi connectivity index (χ3n) is 5.02. The van der Waals surface area contributed by atoms with Crippen molar-refractivity contribution in [2.75, 3.05) is 43.5 Å². The summed E-state index contributed by atoms with van der Waals surface area (Å²) < 4.78 is 18.4. The minimum atomic E-state index is -0.232. The van der Waals surface area contributed by atoms with Crippen LogP contribution in [0.15, 0.2) is 42.5 Å². The van der Waals surface area contributed by atoms with Crippen LogP contribution in [-0.4, -0.2) is 45.2 Å². The van der Waals surface area contributed by atoms with Gasteiger partial charge < -0.3 is 19.9 Å². The Labute approximate surface area is 163 Å². The summed E-state index contributed by atoms with van der Waals surface area (Å²) >= 11 is 6.03. The normalized spacial score (nSPS) is 16.1. The Balaban J connectivity index is 1.58. The number of carbonyl (C=O) groups excluding carboxylic acids is 1. The second kappa shape index (κ2) is 8.59. The highest BCUT2D eigenvalue weighted by Gasteiger charge is 2.29. The number of halogens is 2. The lowest BCUT2D eigenvalue weighted by atomic mass is 10.2. The van der Waals surface area contributed by atoms with E-state index < -0.39 is 0 Å². The average Bonchev–Trinajstić information content (AvgIpc) is 2.68. The minimum absolute atomic E-state index is 0.0687. The van der Waals surface area contributed by atoms with E-state index in [1.165, 1.54) is 17.0 Å². The third-order valence-corrected chi connectivity index (χ3v) is 5.26. The number of hydrogen-bond acceptors (Lipinski definition) is 3. The molecule has 1 fully saturated rings. The van der Waals surface area contributed by atoms with Gasteiger partial charge in [-0.2, -0.15) is 0 Å². The summed E-state index contributed by atoms with van der Waals surface area (Å²) in [7, 11) is 1.56. The van der Waals surface area contributed by atoms with Crippen LogP contribution in [0, 0.1) is 5.82 Å². The van der Waals surface area contributed by atoms with Crippen molar-refractivity contribution in [1.29, 1.82) is 0 Å². The van der Waals surface area contributed by atoms with Gasteiger partial charge in [-0.05, 0) is 49.4 Å². The first-order valence-electron chi connectivity index (χ1n) is 8.97. The van der Waals surface area contributed by atoms with Crippen LogP contribution in [0.5, 0.6) is 5.75 Å². The molecule has 3 rings (SSSR count). The van der Waals surface area contributed by atoms with Crippen LogP contribution in [0.1, 0.15) is 6.92 Å². The molecule has 0 bridgehead atoms. The second-order valence-electron chi connectivity index (χ2n) is 6.68. The summed E-state index contributed by atoms with van der Waals surface area (Å²) in [6.45, 7) is 5.23. The molecule has 7 heteroatoms. The number of rotatable bonds is 5. The first-order valence-corrected chi connectivity index (χ1v) is 9.35. The molecule has 0 unspecified atom stereocenters. The van der Waals surface area contributed by atoms with E-state index >= 15 is 0 Å². The number of hydrogen-bond donors (Lipinski definition) is 2. The quantitative estimate of drug-likeness (QED) is 0.820. The van der Waals surface area contributed by atoms with Gasteiger partial charge in [0.1, 0.15) is 11.6 Å². The number of anilines is 2. The van der Waals surface area contributed by atoms with Crippen LogP contribution in [0.3, 0.4) is 0 Å². The third kappa shape index (κ3) is 4.70. The van der Waals surface area contributed by atoms with Gasteiger partial charge in [0.05, 0.1) is 39.0 Å². The zero-order valence-corrected chi connectivity index (χ0v) is 16.2. The molecule has 0 saturated carbocycles. The predicted octanol–water partition coefficient (Wildman–Crippen LogP) is 2.22. The van der Waals surface area contributed by atoms with Crippen LogP contribution in [0.4, 0.5) is 15.8 Å². The van der Waals surface area contributed by atoms with E-state index in [0.29, 0.717) is 16.5 Å². The summed E-state index contributed by atoms with van der Waals surface area (Å²) in [5.74, 6) is 0.279. The molecule has 1 heterocycles. The van der Waals surface area contributed by atoms with E-state index in [-0.39, 0.29) is 17.8 Å². The van der Waals surface area contributed by atoms with Crippen LogP contribution in [0.2, 0.25) is 5.02 Å². The summed E-state index contributed by atoms with van der Waals surface area (Å²) in [5, 5.41) is 3.46. The largest absolute Gasteiger partial charge is 0.495 e. The number of nitrogens with zero attached hydrogens (tertiary/aromatic N) is 1. The fraction of sp³-hybridized carbons (Fsp3) is 0.350. The molecule has 0 radical (unpaired) electrons. The van der Waals surface area contributed by atoms with Crippen molar-refractivity contribution in [2.45, 2.75) is 13.0 Å². The van der Waals surface area contributed by atoms with E-state index in [4.69, 9.17) is 16.3 Å². The van der Waals surface area contributed by atoms with Crippen molar-refractivity contribution in [2.24, 2.45) is 0 Å². The standard InChI is InChI=1S/C20H23ClFN3O2/c1-14(20(26)23-18-13-15(21)3-8-19(18)27-2)24-9-11-25(12-10-24)17-6-4-16(22)5-7-17/h3-8,13-14H,9-12H2,1-2H3,(H,23,26)/p+1/t14-/m1/s1. The Morgan fingerprint density at radius 3 is 2.52 bits per heavy atom. The lowest BCUT2D eigenvalue weighted by molar-refractivity contribution is -0.914. The molecular formula is C20H24ClFN3O2+. The molecule has 1 saturated heterocycles. The molecule has 1 atom stereocenters. The van der Waals surface area contributed by atoms with Gasteiger partial charge in [0.25, 0.3) is 5.91 Å². The zero-order chi connectivity index (χ0) is 19.4. The number of piperazine rings is 1. The van der Waals surface area contributed by atoms with Crippen LogP contribution >= 0.6 is 11.6 Å². The molecule has 144 valence electrons. The van der Waals surface area contributed by atoms with Gasteiger partial charge in [0, 0.05) is 10.7 Å². The molecular weight excluding hydrogens is 369 g/mol. The van der Waals surface area contributed by atoms with Crippen LogP contribution in [-0.2, 0) is 4.79 Å². The second-order valence-corrected chi connectivity index (χ2v) is 7.11. The zero-order valence-electron chi connectivity index (χ0n) is 15.5. The number of quaternary nitrogens is 1. The molecule has 1 aliphatic rings. The molecule has 27 heavy (non-hydrogen) atoms. The molecule has 0 aliphatic carbocycles. The Morgan fingerprint density at radius 1 is 1.22 bits per heavy atom. The van der Waals surface area contributed by atoms with Gasteiger partial charge in [-0.25, -0.2) is 4.39 Å². The van der Waals surface area contributed by atoms with Gasteiger partial charge in [-0.15, -0.1) is 0 Å². The van der Waals surface area contributed by atoms with Crippen molar-refractivity contribution in [1.82, 2.24) is 0 Å². The summed E-state index contributed by atoms with van der Waals surface area (Å²) in [6, 6.07) is 11.5. The van der Waals surface area contributed by atoms with Gasteiger partial charge in [-0.3, -0.25) is 4.79 Å². The molecule has 2 aromatic rings. The van der Waals surface area contributed by atoms with Gasteiger partial charge >= 0.3 is 0 Å². The maximum absolute atomic E-state index is 13.1. The summed E-state index contributed by atoms with van der Waals surface area (Å²) in [6.07, 6.45) is 0.